The molecule has 0 fully saturated rings. The van der Waals surface area contributed by atoms with Crippen LogP contribution in [0.1, 0.15) is 6.42 Å². The van der Waals surface area contributed by atoms with Crippen molar-refractivity contribution in [1.29, 1.82) is 0 Å². The normalized spacial score (nSPS) is 11.1. The van der Waals surface area contributed by atoms with Gasteiger partial charge in [0.1, 0.15) is 5.75 Å². The van der Waals surface area contributed by atoms with Gasteiger partial charge in [-0.05, 0) is 24.3 Å². The van der Waals surface area contributed by atoms with Gasteiger partial charge in [-0.15, -0.1) is 0 Å². The highest BCUT2D eigenvalue weighted by Crippen LogP contribution is 2.14. The van der Waals surface area contributed by atoms with Crippen LogP contribution in [-0.4, -0.2) is 20.9 Å². The highest BCUT2D eigenvalue weighted by atomic mass is 32.2. The lowest BCUT2D eigenvalue weighted by Gasteiger charge is -2.05. The molecule has 16 heavy (non-hydrogen) atoms. The van der Waals surface area contributed by atoms with Crippen LogP contribution < -0.4 is 15.6 Å². The summed E-state index contributed by atoms with van der Waals surface area (Å²) in [6.07, 6.45) is 0.108. The van der Waals surface area contributed by atoms with E-state index in [0.717, 1.165) is 0 Å². The Morgan fingerprint density at radius 1 is 1.25 bits per heavy atom. The van der Waals surface area contributed by atoms with Crippen LogP contribution in [0.25, 0.3) is 0 Å². The molecule has 6 nitrogen and oxygen atoms in total. The zero-order valence-electron chi connectivity index (χ0n) is 8.42. The van der Waals surface area contributed by atoms with E-state index in [9.17, 15) is 13.2 Å². The number of hydrogen-bond donors (Lipinski definition) is 2. The molecule has 0 heterocycles. The summed E-state index contributed by atoms with van der Waals surface area (Å²) in [5, 5.41) is 4.92. The van der Waals surface area contributed by atoms with Gasteiger partial charge in [0.15, 0.2) is 0 Å². The van der Waals surface area contributed by atoms with Gasteiger partial charge in [-0.3, -0.25) is 4.79 Å². The zero-order chi connectivity index (χ0) is 12.2. The van der Waals surface area contributed by atoms with Crippen molar-refractivity contribution < 1.29 is 17.9 Å². The van der Waals surface area contributed by atoms with Crippen molar-refractivity contribution in [2.24, 2.45) is 10.9 Å². The van der Waals surface area contributed by atoms with Gasteiger partial charge >= 0.3 is 0 Å². The molecule has 0 unspecified atom stereocenters. The first kappa shape index (κ1) is 12.5. The molecule has 0 spiro atoms. The summed E-state index contributed by atoms with van der Waals surface area (Å²) < 4.78 is 27.0. The van der Waals surface area contributed by atoms with Gasteiger partial charge in [-0.2, -0.15) is 0 Å². The monoisotopic (exact) mass is 244 g/mol. The van der Waals surface area contributed by atoms with Crippen molar-refractivity contribution in [3.63, 3.8) is 0 Å². The Bertz CT molecular complexity index is 467. The lowest BCUT2D eigenvalue weighted by molar-refractivity contribution is -0.118. The maximum absolute atomic E-state index is 10.9. The van der Waals surface area contributed by atoms with E-state index in [1.165, 1.54) is 24.3 Å². The number of primary sulfonamides is 1. The second-order valence-electron chi connectivity index (χ2n) is 3.08. The topological polar surface area (TPSA) is 112 Å². The zero-order valence-corrected chi connectivity index (χ0v) is 9.24. The fourth-order valence-corrected chi connectivity index (χ4v) is 1.51. The van der Waals surface area contributed by atoms with E-state index >= 15 is 0 Å². The highest BCUT2D eigenvalue weighted by molar-refractivity contribution is 7.89. The van der Waals surface area contributed by atoms with Crippen molar-refractivity contribution in [3.05, 3.63) is 24.3 Å². The Morgan fingerprint density at radius 3 is 2.25 bits per heavy atom. The number of hydrogen-bond acceptors (Lipinski definition) is 4. The maximum Gasteiger partial charge on any atom is 0.238 e. The molecule has 1 aromatic carbocycles. The van der Waals surface area contributed by atoms with Crippen molar-refractivity contribution in [2.75, 3.05) is 6.61 Å². The summed E-state index contributed by atoms with van der Waals surface area (Å²) in [7, 11) is -3.68. The SMILES string of the molecule is NC(=O)CCOc1ccc(S(N)(=O)=O)cc1. The maximum atomic E-state index is 10.9. The largest absolute Gasteiger partial charge is 0.493 e. The first-order valence-corrected chi connectivity index (χ1v) is 5.98. The first-order valence-electron chi connectivity index (χ1n) is 4.43. The number of amides is 1. The van der Waals surface area contributed by atoms with Crippen molar-refractivity contribution in [1.82, 2.24) is 0 Å². The molecule has 1 rings (SSSR count). The third-order valence-corrected chi connectivity index (χ3v) is 2.70. The van der Waals surface area contributed by atoms with Crippen molar-refractivity contribution in [2.45, 2.75) is 11.3 Å². The smallest absolute Gasteiger partial charge is 0.238 e. The molecule has 0 saturated carbocycles. The van der Waals surface area contributed by atoms with Crippen LogP contribution in [0.5, 0.6) is 5.75 Å². The highest BCUT2D eigenvalue weighted by Gasteiger charge is 2.06. The average Bonchev–Trinajstić information content (AvgIpc) is 2.16. The number of primary amides is 1. The van der Waals surface area contributed by atoms with E-state index in [1.54, 1.807) is 0 Å². The molecular formula is C9H12N2O4S. The third-order valence-electron chi connectivity index (χ3n) is 1.77. The van der Waals surface area contributed by atoms with Crippen LogP contribution >= 0.6 is 0 Å². The number of benzene rings is 1. The van der Waals surface area contributed by atoms with Crippen LogP contribution in [0.2, 0.25) is 0 Å². The van der Waals surface area contributed by atoms with Crippen LogP contribution in [0.4, 0.5) is 0 Å². The number of rotatable bonds is 5. The molecule has 0 radical (unpaired) electrons. The molecule has 0 aliphatic heterocycles. The van der Waals surface area contributed by atoms with Gasteiger partial charge in [0.25, 0.3) is 0 Å². The average molecular weight is 244 g/mol. The molecule has 88 valence electrons. The summed E-state index contributed by atoms with van der Waals surface area (Å²) in [6, 6.07) is 5.57. The van der Waals surface area contributed by atoms with Gasteiger partial charge < -0.3 is 10.5 Å². The number of ether oxygens (including phenoxy) is 1. The molecule has 0 aliphatic carbocycles. The Labute approximate surface area is 93.2 Å². The standard InChI is InChI=1S/C9H12N2O4S/c10-9(12)5-6-15-7-1-3-8(4-2-7)16(11,13)14/h1-4H,5-6H2,(H2,10,12)(H2,11,13,14). The molecule has 1 aromatic rings. The second kappa shape index (κ2) is 4.95. The Kier molecular flexibility index (Phi) is 3.86. The minimum absolute atomic E-state index is 0.00903. The molecule has 7 heteroatoms. The quantitative estimate of drug-likeness (QED) is 0.732. The van der Waals surface area contributed by atoms with Crippen LogP contribution in [0.3, 0.4) is 0 Å². The molecule has 0 bridgehead atoms. The summed E-state index contributed by atoms with van der Waals surface area (Å²) >= 11 is 0. The van der Waals surface area contributed by atoms with Crippen LogP contribution in [-0.2, 0) is 14.8 Å². The lowest BCUT2D eigenvalue weighted by Crippen LogP contribution is -2.14. The van der Waals surface area contributed by atoms with E-state index in [2.05, 4.69) is 0 Å². The van der Waals surface area contributed by atoms with E-state index < -0.39 is 15.9 Å². The van der Waals surface area contributed by atoms with Gasteiger partial charge in [0, 0.05) is 0 Å². The Morgan fingerprint density at radius 2 is 1.81 bits per heavy atom. The van der Waals surface area contributed by atoms with Crippen LogP contribution in [0, 0.1) is 0 Å². The summed E-state index contributed by atoms with van der Waals surface area (Å²) in [5.74, 6) is -0.00481. The number of carbonyl (C=O) groups excluding carboxylic acids is 1. The van der Waals surface area contributed by atoms with Crippen molar-refractivity contribution in [3.8, 4) is 5.75 Å². The Hall–Kier alpha value is -1.60. The second-order valence-corrected chi connectivity index (χ2v) is 4.64. The summed E-state index contributed by atoms with van der Waals surface area (Å²) in [4.78, 5) is 10.4. The van der Waals surface area contributed by atoms with Gasteiger partial charge in [0.05, 0.1) is 17.9 Å². The first-order chi connectivity index (χ1) is 7.39. The van der Waals surface area contributed by atoms with E-state index in [-0.39, 0.29) is 17.9 Å². The summed E-state index contributed by atoms with van der Waals surface area (Å²) in [6.45, 7) is 0.157. The van der Waals surface area contributed by atoms with Gasteiger partial charge in [-0.25, -0.2) is 13.6 Å². The fourth-order valence-electron chi connectivity index (χ4n) is 0.995. The van der Waals surface area contributed by atoms with Crippen molar-refractivity contribution >= 4 is 15.9 Å². The predicted octanol–water partition coefficient (Wildman–Crippen LogP) is -0.412. The number of sulfonamides is 1. The molecule has 0 atom stereocenters. The lowest BCUT2D eigenvalue weighted by atomic mass is 10.3. The minimum atomic E-state index is -3.68. The number of nitrogens with two attached hydrogens (primary N) is 2. The third kappa shape index (κ3) is 3.87. The Balaban J connectivity index is 2.62. The van der Waals surface area contributed by atoms with E-state index in [1.807, 2.05) is 0 Å². The molecule has 0 saturated heterocycles. The molecule has 4 N–H and O–H groups in total. The van der Waals surface area contributed by atoms with Gasteiger partial charge in [-0.1, -0.05) is 0 Å². The molecular weight excluding hydrogens is 232 g/mol. The summed E-state index contributed by atoms with van der Waals surface area (Å²) in [5.41, 5.74) is 4.92. The molecule has 0 aliphatic rings. The molecule has 1 amide bonds. The minimum Gasteiger partial charge on any atom is -0.493 e. The molecule has 0 aromatic heterocycles. The van der Waals surface area contributed by atoms with E-state index in [0.29, 0.717) is 5.75 Å². The fraction of sp³-hybridized carbons (Fsp3) is 0.222. The van der Waals surface area contributed by atoms with Gasteiger partial charge in [0.2, 0.25) is 15.9 Å². The number of carbonyl (C=O) groups is 1. The van der Waals surface area contributed by atoms with Crippen LogP contribution in [0.15, 0.2) is 29.2 Å². The van der Waals surface area contributed by atoms with E-state index in [4.69, 9.17) is 15.6 Å². The predicted molar refractivity (Wildman–Crippen MR) is 57.1 cm³/mol.